The van der Waals surface area contributed by atoms with Gasteiger partial charge in [-0.25, -0.2) is 4.39 Å². The Labute approximate surface area is 176 Å². The van der Waals surface area contributed by atoms with Crippen LogP contribution in [0, 0.1) is 11.7 Å². The summed E-state index contributed by atoms with van der Waals surface area (Å²) in [5.41, 5.74) is 2.49. The van der Waals surface area contributed by atoms with Gasteiger partial charge in [0, 0.05) is 43.1 Å². The zero-order valence-corrected chi connectivity index (χ0v) is 17.5. The van der Waals surface area contributed by atoms with Crippen LogP contribution in [-0.2, 0) is 11.8 Å². The molecular weight excluding hydrogens is 397 g/mol. The van der Waals surface area contributed by atoms with Crippen molar-refractivity contribution < 1.29 is 9.18 Å². The van der Waals surface area contributed by atoms with E-state index in [9.17, 15) is 9.18 Å². The van der Waals surface area contributed by atoms with Crippen LogP contribution in [0.15, 0.2) is 42.1 Å². The van der Waals surface area contributed by atoms with Crippen LogP contribution in [0.25, 0.3) is 6.08 Å². The summed E-state index contributed by atoms with van der Waals surface area (Å²) < 4.78 is 16.3. The number of halogens is 2. The van der Waals surface area contributed by atoms with Crippen molar-refractivity contribution >= 4 is 36.9 Å². The number of carbonyl (C=O) groups excluding carboxylic acids is 1. The Morgan fingerprint density at radius 1 is 1.29 bits per heavy atom. The number of hydrogen-bond donors (Lipinski definition) is 1. The average molecular weight is 422 g/mol. The topological polar surface area (TPSA) is 38.1 Å². The first-order chi connectivity index (χ1) is 13.0. The van der Waals surface area contributed by atoms with Crippen LogP contribution in [0.5, 0.6) is 0 Å². The van der Waals surface area contributed by atoms with Gasteiger partial charge in [-0.15, -0.1) is 12.4 Å². The molecule has 4 rings (SSSR count). The highest BCUT2D eigenvalue weighted by Crippen LogP contribution is 2.39. The number of piperidine rings is 1. The summed E-state index contributed by atoms with van der Waals surface area (Å²) in [4.78, 5) is 15.2. The number of nitrogens with zero attached hydrogens (tertiary/aromatic N) is 3. The van der Waals surface area contributed by atoms with Gasteiger partial charge in [-0.05, 0) is 43.0 Å². The van der Waals surface area contributed by atoms with Crippen molar-refractivity contribution in [2.75, 3.05) is 13.1 Å². The first-order valence-electron chi connectivity index (χ1n) is 9.43. The smallest absolute Gasteiger partial charge is 0.157 e. The van der Waals surface area contributed by atoms with Gasteiger partial charge < -0.3 is 0 Å². The second-order valence-electron chi connectivity index (χ2n) is 7.51. The number of likely N-dealkylation sites (tertiary alicyclic amines) is 1. The van der Waals surface area contributed by atoms with Gasteiger partial charge in [-0.1, -0.05) is 18.2 Å². The predicted molar refractivity (Wildman–Crippen MR) is 114 cm³/mol. The molecule has 2 heterocycles. The molecule has 1 aromatic carbocycles. The summed E-state index contributed by atoms with van der Waals surface area (Å²) in [5, 5.41) is 4.54. The maximum absolute atomic E-state index is 14.5. The van der Waals surface area contributed by atoms with Crippen molar-refractivity contribution in [2.45, 2.75) is 30.6 Å². The fraction of sp³-hybridized carbons (Fsp3) is 0.429. The molecule has 2 atom stereocenters. The van der Waals surface area contributed by atoms with Gasteiger partial charge in [0.15, 0.2) is 5.78 Å². The number of aromatic nitrogens is 2. The molecule has 0 amide bonds. The van der Waals surface area contributed by atoms with Crippen molar-refractivity contribution in [1.29, 1.82) is 0 Å². The minimum absolute atomic E-state index is 0. The Balaban J connectivity index is 0.00000225. The summed E-state index contributed by atoms with van der Waals surface area (Å²) >= 11 is 4.73. The van der Waals surface area contributed by atoms with E-state index in [1.54, 1.807) is 16.8 Å². The fourth-order valence-corrected chi connectivity index (χ4v) is 4.04. The summed E-state index contributed by atoms with van der Waals surface area (Å²) in [5.74, 6) is -0.0822. The van der Waals surface area contributed by atoms with E-state index >= 15 is 0 Å². The zero-order chi connectivity index (χ0) is 19.0. The van der Waals surface area contributed by atoms with E-state index in [0.29, 0.717) is 12.1 Å². The fourth-order valence-electron chi connectivity index (χ4n) is 3.77. The number of hydrogen-bond acceptors (Lipinski definition) is 4. The first-order valence-corrected chi connectivity index (χ1v) is 9.95. The van der Waals surface area contributed by atoms with E-state index in [-0.39, 0.29) is 35.2 Å². The molecule has 4 nitrogen and oxygen atoms in total. The summed E-state index contributed by atoms with van der Waals surface area (Å²) in [7, 11) is 1.88. The van der Waals surface area contributed by atoms with Crippen LogP contribution < -0.4 is 0 Å². The number of rotatable bonds is 5. The molecule has 1 aliphatic heterocycles. The molecule has 1 aliphatic carbocycles. The number of Topliss-reactive ketones (excluding diaryl/α,β-unsaturated/α-hetero) is 1. The van der Waals surface area contributed by atoms with Crippen molar-refractivity contribution in [3.05, 3.63) is 59.2 Å². The maximum atomic E-state index is 14.5. The SMILES string of the molecule is Cl.Cn1ccc(/C=C2\CN(C(C(=O)C3CC3)c3ccccc3F)CCC2S)n1. The van der Waals surface area contributed by atoms with Crippen LogP contribution in [0.4, 0.5) is 4.39 Å². The number of aryl methyl sites for hydroxylation is 1. The average Bonchev–Trinajstić information content (AvgIpc) is 3.42. The Kier molecular flexibility index (Phi) is 6.63. The second-order valence-corrected chi connectivity index (χ2v) is 8.13. The molecule has 2 aliphatic rings. The lowest BCUT2D eigenvalue weighted by Gasteiger charge is -2.37. The predicted octanol–water partition coefficient (Wildman–Crippen LogP) is 4.09. The largest absolute Gasteiger partial charge is 0.297 e. The summed E-state index contributed by atoms with van der Waals surface area (Å²) in [6.07, 6.45) is 6.61. The molecule has 0 bridgehead atoms. The second kappa shape index (κ2) is 8.80. The van der Waals surface area contributed by atoms with Gasteiger partial charge >= 0.3 is 0 Å². The third-order valence-corrected chi connectivity index (χ3v) is 5.97. The van der Waals surface area contributed by atoms with Gasteiger partial charge in [0.25, 0.3) is 0 Å². The lowest BCUT2D eigenvalue weighted by Crippen LogP contribution is -2.42. The summed E-state index contributed by atoms with van der Waals surface area (Å²) in [6, 6.07) is 8.10. The Hall–Kier alpha value is -1.63. The van der Waals surface area contributed by atoms with Crippen LogP contribution in [0.1, 0.15) is 36.6 Å². The van der Waals surface area contributed by atoms with E-state index in [1.165, 1.54) is 6.07 Å². The van der Waals surface area contributed by atoms with Crippen LogP contribution >= 0.6 is 25.0 Å². The minimum Gasteiger partial charge on any atom is -0.297 e. The third kappa shape index (κ3) is 4.50. The molecule has 2 fully saturated rings. The molecular formula is C21H25ClFN3OS. The monoisotopic (exact) mass is 421 g/mol. The Bertz CT molecular complexity index is 880. The van der Waals surface area contributed by atoms with Crippen molar-refractivity contribution in [1.82, 2.24) is 14.7 Å². The standard InChI is InChI=1S/C21H24FN3OS.ClH/c1-24-10-8-16(23-24)12-15-13-25(11-9-19(15)27)20(21(26)14-6-7-14)17-4-2-3-5-18(17)22;/h2-5,8,10,12,14,19-20,27H,6-7,9,11,13H2,1H3;1H/b15-12+;. The van der Waals surface area contributed by atoms with Gasteiger partial charge in [0.1, 0.15) is 5.82 Å². The van der Waals surface area contributed by atoms with Gasteiger partial charge in [0.2, 0.25) is 0 Å². The van der Waals surface area contributed by atoms with Crippen LogP contribution in [-0.4, -0.2) is 38.8 Å². The van der Waals surface area contributed by atoms with Crippen molar-refractivity contribution in [3.8, 4) is 0 Å². The minimum atomic E-state index is -0.522. The van der Waals surface area contributed by atoms with Crippen molar-refractivity contribution in [3.63, 3.8) is 0 Å². The zero-order valence-electron chi connectivity index (χ0n) is 15.8. The molecule has 2 unspecified atom stereocenters. The lowest BCUT2D eigenvalue weighted by atomic mass is 9.93. The number of carbonyl (C=O) groups is 1. The normalized spacial score (nSPS) is 22.7. The first kappa shape index (κ1) is 21.1. The van der Waals surface area contributed by atoms with Gasteiger partial charge in [-0.2, -0.15) is 17.7 Å². The molecule has 0 radical (unpaired) electrons. The van der Waals surface area contributed by atoms with E-state index in [0.717, 1.165) is 37.1 Å². The van der Waals surface area contributed by atoms with E-state index in [4.69, 9.17) is 12.6 Å². The van der Waals surface area contributed by atoms with E-state index < -0.39 is 6.04 Å². The lowest BCUT2D eigenvalue weighted by molar-refractivity contribution is -0.126. The highest BCUT2D eigenvalue weighted by Gasteiger charge is 2.40. The molecule has 0 N–H and O–H groups in total. The highest BCUT2D eigenvalue weighted by molar-refractivity contribution is 7.81. The molecule has 150 valence electrons. The van der Waals surface area contributed by atoms with Crippen molar-refractivity contribution in [2.24, 2.45) is 13.0 Å². The number of thiol groups is 1. The van der Waals surface area contributed by atoms with E-state index in [2.05, 4.69) is 10.00 Å². The Morgan fingerprint density at radius 2 is 2.04 bits per heavy atom. The summed E-state index contributed by atoms with van der Waals surface area (Å²) in [6.45, 7) is 1.33. The number of ketones is 1. The number of benzene rings is 1. The van der Waals surface area contributed by atoms with Crippen LogP contribution in [0.2, 0.25) is 0 Å². The highest BCUT2D eigenvalue weighted by atomic mass is 35.5. The Morgan fingerprint density at radius 3 is 2.68 bits per heavy atom. The molecule has 7 heteroatoms. The molecule has 2 aromatic rings. The van der Waals surface area contributed by atoms with Gasteiger partial charge in [-0.3, -0.25) is 14.4 Å². The molecule has 1 saturated heterocycles. The molecule has 28 heavy (non-hydrogen) atoms. The maximum Gasteiger partial charge on any atom is 0.157 e. The molecule has 1 saturated carbocycles. The molecule has 1 aromatic heterocycles. The van der Waals surface area contributed by atoms with Crippen LogP contribution in [0.3, 0.4) is 0 Å². The molecule has 0 spiro atoms. The third-order valence-electron chi connectivity index (χ3n) is 5.39. The quantitative estimate of drug-likeness (QED) is 0.739. The van der Waals surface area contributed by atoms with E-state index in [1.807, 2.05) is 31.5 Å². The van der Waals surface area contributed by atoms with Gasteiger partial charge in [0.05, 0.1) is 11.7 Å².